The van der Waals surface area contributed by atoms with Crippen LogP contribution < -0.4 is 10.6 Å². The number of ketones is 2. The number of hydrogen-bond donors (Lipinski definition) is 2. The van der Waals surface area contributed by atoms with Crippen LogP contribution in [0.5, 0.6) is 0 Å². The molecule has 0 aliphatic carbocycles. The lowest BCUT2D eigenvalue weighted by Gasteiger charge is -2.05. The third kappa shape index (κ3) is 6.55. The maximum Gasteiger partial charge on any atom is 0.454 e. The average Bonchev–Trinajstić information content (AvgIpc) is 2.45. The van der Waals surface area contributed by atoms with Crippen LogP contribution in [0.25, 0.3) is 0 Å². The molecule has 0 atom stereocenters. The molecule has 0 spiro atoms. The van der Waals surface area contributed by atoms with Gasteiger partial charge in [-0.15, -0.1) is 0 Å². The van der Waals surface area contributed by atoms with Crippen molar-refractivity contribution in [1.29, 1.82) is 0 Å². The third-order valence-electron chi connectivity index (χ3n) is 2.39. The van der Waals surface area contributed by atoms with Crippen LogP contribution in [0.2, 0.25) is 0 Å². The van der Waals surface area contributed by atoms with Crippen LogP contribution >= 0.6 is 0 Å². The molecule has 0 heterocycles. The minimum atomic E-state index is -4.97. The van der Waals surface area contributed by atoms with E-state index in [1.807, 2.05) is 0 Å². The summed E-state index contributed by atoms with van der Waals surface area (Å²) in [5, 5.41) is 4.80. The molecule has 0 amide bonds. The highest BCUT2D eigenvalue weighted by molar-refractivity contribution is 5.95. The SMILES string of the molecule is O=C(/C=C/Nc1cccc(N/C=C/C(=O)C(F)(F)F)c1)C(F)(F)F. The van der Waals surface area contributed by atoms with E-state index in [0.717, 1.165) is 12.4 Å². The van der Waals surface area contributed by atoms with E-state index in [1.165, 1.54) is 24.3 Å². The van der Waals surface area contributed by atoms with Gasteiger partial charge >= 0.3 is 12.4 Å². The van der Waals surface area contributed by atoms with Crippen LogP contribution in [0.4, 0.5) is 37.7 Å². The summed E-state index contributed by atoms with van der Waals surface area (Å²) in [7, 11) is 0. The minimum Gasteiger partial charge on any atom is -0.361 e. The number of allylic oxidation sites excluding steroid dienone is 2. The molecule has 24 heavy (non-hydrogen) atoms. The quantitative estimate of drug-likeness (QED) is 0.604. The first-order chi connectivity index (χ1) is 11.0. The summed E-state index contributed by atoms with van der Waals surface area (Å²) in [4.78, 5) is 21.2. The van der Waals surface area contributed by atoms with Crippen molar-refractivity contribution in [3.05, 3.63) is 48.8 Å². The number of rotatable bonds is 6. The van der Waals surface area contributed by atoms with Gasteiger partial charge in [0.1, 0.15) is 0 Å². The van der Waals surface area contributed by atoms with Crippen molar-refractivity contribution in [2.45, 2.75) is 12.4 Å². The molecule has 4 nitrogen and oxygen atoms in total. The van der Waals surface area contributed by atoms with Crippen LogP contribution in [-0.4, -0.2) is 23.9 Å². The lowest BCUT2D eigenvalue weighted by molar-refractivity contribution is -0.165. The molecule has 10 heteroatoms. The van der Waals surface area contributed by atoms with Gasteiger partial charge in [-0.05, 0) is 18.2 Å². The Bertz CT molecular complexity index is 609. The Hall–Kier alpha value is -2.78. The van der Waals surface area contributed by atoms with Crippen LogP contribution in [0.3, 0.4) is 0 Å². The number of anilines is 2. The van der Waals surface area contributed by atoms with Gasteiger partial charge in [0.05, 0.1) is 0 Å². The van der Waals surface area contributed by atoms with E-state index in [9.17, 15) is 35.9 Å². The Morgan fingerprint density at radius 1 is 0.792 bits per heavy atom. The second-order valence-corrected chi connectivity index (χ2v) is 4.26. The lowest BCUT2D eigenvalue weighted by Crippen LogP contribution is -2.20. The topological polar surface area (TPSA) is 58.2 Å². The lowest BCUT2D eigenvalue weighted by atomic mass is 10.2. The standard InChI is InChI=1S/C14H10F6N2O2/c15-13(16,17)11(23)4-6-21-9-2-1-3-10(8-9)22-7-5-12(24)14(18,19)20/h1-8,21-22H/b6-4+,7-5+. The first-order valence-corrected chi connectivity index (χ1v) is 6.18. The van der Waals surface area contributed by atoms with Crippen molar-refractivity contribution in [3.8, 4) is 0 Å². The number of alkyl halides is 6. The molecule has 0 bridgehead atoms. The predicted octanol–water partition coefficient (Wildman–Crippen LogP) is 3.80. The maximum absolute atomic E-state index is 12.0. The summed E-state index contributed by atoms with van der Waals surface area (Å²) in [6.07, 6.45) is -7.81. The molecular weight excluding hydrogens is 342 g/mol. The van der Waals surface area contributed by atoms with Crippen molar-refractivity contribution in [1.82, 2.24) is 0 Å². The molecular formula is C14H10F6N2O2. The normalized spacial score (nSPS) is 12.6. The number of hydrogen-bond acceptors (Lipinski definition) is 4. The van der Waals surface area contributed by atoms with Gasteiger partial charge in [0.15, 0.2) is 0 Å². The van der Waals surface area contributed by atoms with Crippen LogP contribution in [-0.2, 0) is 9.59 Å². The molecule has 0 aliphatic rings. The Morgan fingerprint density at radius 3 is 1.50 bits per heavy atom. The van der Waals surface area contributed by atoms with Gasteiger partial charge in [0.2, 0.25) is 0 Å². The van der Waals surface area contributed by atoms with Crippen LogP contribution in [0, 0.1) is 0 Å². The van der Waals surface area contributed by atoms with Gasteiger partial charge < -0.3 is 10.6 Å². The zero-order valence-corrected chi connectivity index (χ0v) is 11.7. The molecule has 1 aromatic carbocycles. The minimum absolute atomic E-state index is 0.266. The van der Waals surface area contributed by atoms with E-state index in [4.69, 9.17) is 0 Å². The van der Waals surface area contributed by atoms with Crippen LogP contribution in [0.15, 0.2) is 48.8 Å². The molecule has 0 aromatic heterocycles. The number of carbonyl (C=O) groups is 2. The van der Waals surface area contributed by atoms with E-state index < -0.39 is 23.9 Å². The molecule has 0 unspecified atom stereocenters. The second-order valence-electron chi connectivity index (χ2n) is 4.26. The Morgan fingerprint density at radius 2 is 1.17 bits per heavy atom. The highest BCUT2D eigenvalue weighted by Crippen LogP contribution is 2.19. The summed E-state index contributed by atoms with van der Waals surface area (Å²) in [5.74, 6) is -4.09. The molecule has 0 fully saturated rings. The van der Waals surface area contributed by atoms with Gasteiger partial charge in [-0.1, -0.05) is 6.07 Å². The molecule has 1 rings (SSSR count). The number of halogens is 6. The summed E-state index contributed by atoms with van der Waals surface area (Å²) in [6, 6.07) is 5.67. The number of nitrogens with one attached hydrogen (secondary N) is 2. The smallest absolute Gasteiger partial charge is 0.361 e. The zero-order valence-electron chi connectivity index (χ0n) is 11.7. The monoisotopic (exact) mass is 352 g/mol. The van der Waals surface area contributed by atoms with Gasteiger partial charge in [-0.2, -0.15) is 26.3 Å². The van der Waals surface area contributed by atoms with Gasteiger partial charge in [0.25, 0.3) is 11.6 Å². The predicted molar refractivity (Wildman–Crippen MR) is 74.1 cm³/mol. The molecule has 0 saturated heterocycles. The van der Waals surface area contributed by atoms with Gasteiger partial charge in [0, 0.05) is 35.9 Å². The second kappa shape index (κ2) is 7.66. The summed E-state index contributed by atoms with van der Waals surface area (Å²) in [6.45, 7) is 0. The fourth-order valence-corrected chi connectivity index (χ4v) is 1.31. The first kappa shape index (κ1) is 19.3. The highest BCUT2D eigenvalue weighted by atomic mass is 19.4. The maximum atomic E-state index is 12.0. The largest absolute Gasteiger partial charge is 0.454 e. The number of benzene rings is 1. The fraction of sp³-hybridized carbons (Fsp3) is 0.143. The van der Waals surface area contributed by atoms with E-state index >= 15 is 0 Å². The summed E-state index contributed by atoms with van der Waals surface area (Å²) < 4.78 is 71.8. The molecule has 0 radical (unpaired) electrons. The van der Waals surface area contributed by atoms with E-state index in [2.05, 4.69) is 10.6 Å². The van der Waals surface area contributed by atoms with Crippen molar-refractivity contribution in [2.24, 2.45) is 0 Å². The van der Waals surface area contributed by atoms with E-state index in [0.29, 0.717) is 12.2 Å². The summed E-state index contributed by atoms with van der Waals surface area (Å²) in [5.41, 5.74) is 0.531. The highest BCUT2D eigenvalue weighted by Gasteiger charge is 2.36. The fourth-order valence-electron chi connectivity index (χ4n) is 1.31. The Kier molecular flexibility index (Phi) is 6.15. The molecule has 0 saturated carbocycles. The average molecular weight is 352 g/mol. The molecule has 130 valence electrons. The van der Waals surface area contributed by atoms with Crippen molar-refractivity contribution in [2.75, 3.05) is 10.6 Å². The van der Waals surface area contributed by atoms with Crippen molar-refractivity contribution < 1.29 is 35.9 Å². The van der Waals surface area contributed by atoms with Crippen molar-refractivity contribution >= 4 is 22.9 Å². The van der Waals surface area contributed by atoms with E-state index in [-0.39, 0.29) is 11.4 Å². The first-order valence-electron chi connectivity index (χ1n) is 6.18. The molecule has 1 aromatic rings. The Labute approximate surface area is 131 Å². The van der Waals surface area contributed by atoms with E-state index in [1.54, 1.807) is 0 Å². The van der Waals surface area contributed by atoms with Crippen LogP contribution in [0.1, 0.15) is 0 Å². The van der Waals surface area contributed by atoms with Gasteiger partial charge in [-0.25, -0.2) is 0 Å². The van der Waals surface area contributed by atoms with Gasteiger partial charge in [-0.3, -0.25) is 9.59 Å². The van der Waals surface area contributed by atoms with Crippen molar-refractivity contribution in [3.63, 3.8) is 0 Å². The molecule has 2 N–H and O–H groups in total. The number of carbonyl (C=O) groups excluding carboxylic acids is 2. The zero-order chi connectivity index (χ0) is 18.4. The summed E-state index contributed by atoms with van der Waals surface area (Å²) >= 11 is 0. The molecule has 0 aliphatic heterocycles. The third-order valence-corrected chi connectivity index (χ3v) is 2.39. The Balaban J connectivity index is 2.65.